The largest absolute Gasteiger partial charge is 0.454 e. The summed E-state index contributed by atoms with van der Waals surface area (Å²) in [6, 6.07) is 3.04. The summed E-state index contributed by atoms with van der Waals surface area (Å²) >= 11 is 5.96. The number of methoxy groups -OCH3 is 1. The van der Waals surface area contributed by atoms with Crippen LogP contribution in [0.4, 0.5) is 0 Å². The van der Waals surface area contributed by atoms with Crippen molar-refractivity contribution in [3.63, 3.8) is 0 Å². The SMILES string of the molecule is COCCONC(=O)c1cc(Cl)c2c(c1)OCO2. The molecule has 0 radical (unpaired) electrons. The highest BCUT2D eigenvalue weighted by Crippen LogP contribution is 2.39. The number of hydrogen-bond acceptors (Lipinski definition) is 5. The van der Waals surface area contributed by atoms with Crippen molar-refractivity contribution in [3.05, 3.63) is 22.7 Å². The van der Waals surface area contributed by atoms with Crippen LogP contribution < -0.4 is 15.0 Å². The number of nitrogens with one attached hydrogen (secondary N) is 1. The van der Waals surface area contributed by atoms with Gasteiger partial charge in [-0.15, -0.1) is 0 Å². The van der Waals surface area contributed by atoms with Gasteiger partial charge in [-0.05, 0) is 12.1 Å². The monoisotopic (exact) mass is 273 g/mol. The van der Waals surface area contributed by atoms with Gasteiger partial charge in [0.2, 0.25) is 6.79 Å². The van der Waals surface area contributed by atoms with Crippen LogP contribution in [0.3, 0.4) is 0 Å². The van der Waals surface area contributed by atoms with E-state index >= 15 is 0 Å². The van der Waals surface area contributed by atoms with Gasteiger partial charge >= 0.3 is 0 Å². The van der Waals surface area contributed by atoms with Crippen LogP contribution >= 0.6 is 11.6 Å². The molecule has 1 aliphatic rings. The van der Waals surface area contributed by atoms with E-state index in [1.807, 2.05) is 0 Å². The molecule has 0 fully saturated rings. The summed E-state index contributed by atoms with van der Waals surface area (Å²) in [5.74, 6) is 0.490. The first kappa shape index (κ1) is 12.9. The second-order valence-electron chi connectivity index (χ2n) is 3.46. The number of fused-ring (bicyclic) bond motifs is 1. The molecule has 1 heterocycles. The van der Waals surface area contributed by atoms with Gasteiger partial charge in [-0.1, -0.05) is 11.6 Å². The highest BCUT2D eigenvalue weighted by Gasteiger charge is 2.20. The third kappa shape index (κ3) is 2.84. The fourth-order valence-corrected chi connectivity index (χ4v) is 1.66. The Morgan fingerprint density at radius 2 is 2.28 bits per heavy atom. The lowest BCUT2D eigenvalue weighted by Crippen LogP contribution is -2.25. The molecule has 98 valence electrons. The van der Waals surface area contributed by atoms with Gasteiger partial charge in [0, 0.05) is 12.7 Å². The van der Waals surface area contributed by atoms with E-state index in [4.69, 9.17) is 30.6 Å². The van der Waals surface area contributed by atoms with E-state index in [0.29, 0.717) is 28.7 Å². The molecule has 1 aromatic carbocycles. The molecular weight excluding hydrogens is 262 g/mol. The summed E-state index contributed by atoms with van der Waals surface area (Å²) in [5, 5.41) is 0.326. The van der Waals surface area contributed by atoms with Gasteiger partial charge in [0.1, 0.15) is 0 Å². The molecule has 1 aromatic rings. The van der Waals surface area contributed by atoms with Gasteiger partial charge in [0.15, 0.2) is 11.5 Å². The van der Waals surface area contributed by atoms with Crippen molar-refractivity contribution in [2.75, 3.05) is 27.1 Å². The third-order valence-electron chi connectivity index (χ3n) is 2.24. The normalized spacial score (nSPS) is 12.6. The van der Waals surface area contributed by atoms with Crippen LogP contribution in [-0.4, -0.2) is 33.0 Å². The lowest BCUT2D eigenvalue weighted by atomic mass is 10.2. The van der Waals surface area contributed by atoms with Crippen LogP contribution in [0.15, 0.2) is 12.1 Å². The van der Waals surface area contributed by atoms with Gasteiger partial charge in [0.25, 0.3) is 5.91 Å². The number of carbonyl (C=O) groups excluding carboxylic acids is 1. The van der Waals surface area contributed by atoms with Crippen molar-refractivity contribution >= 4 is 17.5 Å². The Labute approximate surface area is 109 Å². The maximum Gasteiger partial charge on any atom is 0.275 e. The Morgan fingerprint density at radius 1 is 1.44 bits per heavy atom. The summed E-state index contributed by atoms with van der Waals surface area (Å²) in [6.07, 6.45) is 0. The molecule has 1 N–H and O–H groups in total. The number of hydrogen-bond donors (Lipinski definition) is 1. The summed E-state index contributed by atoms with van der Waals surface area (Å²) in [5.41, 5.74) is 2.61. The van der Waals surface area contributed by atoms with E-state index in [1.54, 1.807) is 13.2 Å². The lowest BCUT2D eigenvalue weighted by molar-refractivity contribution is 0.00887. The molecule has 1 amide bonds. The fraction of sp³-hybridized carbons (Fsp3) is 0.364. The first-order valence-electron chi connectivity index (χ1n) is 5.22. The van der Waals surface area contributed by atoms with Crippen molar-refractivity contribution in [2.45, 2.75) is 0 Å². The third-order valence-corrected chi connectivity index (χ3v) is 2.52. The van der Waals surface area contributed by atoms with Crippen LogP contribution in [0.2, 0.25) is 5.02 Å². The maximum absolute atomic E-state index is 11.7. The van der Waals surface area contributed by atoms with Gasteiger partial charge in [0.05, 0.1) is 18.2 Å². The molecule has 6 nitrogen and oxygen atoms in total. The predicted molar refractivity (Wildman–Crippen MR) is 62.9 cm³/mol. The fourth-order valence-electron chi connectivity index (χ4n) is 1.40. The minimum absolute atomic E-state index is 0.102. The molecule has 0 unspecified atom stereocenters. The molecule has 0 saturated carbocycles. The molecule has 7 heteroatoms. The molecule has 0 bridgehead atoms. The summed E-state index contributed by atoms with van der Waals surface area (Å²) in [6.45, 7) is 0.757. The van der Waals surface area contributed by atoms with Crippen LogP contribution in [0.25, 0.3) is 0 Å². The Bertz CT molecular complexity index is 451. The standard InChI is InChI=1S/C11H12ClNO5/c1-15-2-3-18-13-11(14)7-4-8(12)10-9(5-7)16-6-17-10/h4-5H,2-3,6H2,1H3,(H,13,14). The lowest BCUT2D eigenvalue weighted by Gasteiger charge is -2.07. The second kappa shape index (κ2) is 5.90. The Morgan fingerprint density at radius 3 is 3.06 bits per heavy atom. The van der Waals surface area contributed by atoms with Crippen molar-refractivity contribution in [1.82, 2.24) is 5.48 Å². The number of ether oxygens (including phenoxy) is 3. The van der Waals surface area contributed by atoms with Gasteiger partial charge in [-0.2, -0.15) is 0 Å². The Hall–Kier alpha value is -1.50. The predicted octanol–water partition coefficient (Wildman–Crippen LogP) is 1.38. The van der Waals surface area contributed by atoms with Crippen molar-refractivity contribution < 1.29 is 23.8 Å². The van der Waals surface area contributed by atoms with E-state index in [1.165, 1.54) is 6.07 Å². The number of carbonyl (C=O) groups is 1. The average molecular weight is 274 g/mol. The van der Waals surface area contributed by atoms with E-state index in [2.05, 4.69) is 5.48 Å². The maximum atomic E-state index is 11.7. The number of rotatable bonds is 5. The number of benzene rings is 1. The molecule has 0 atom stereocenters. The molecule has 0 aliphatic carbocycles. The molecule has 1 aliphatic heterocycles. The first-order chi connectivity index (χ1) is 8.72. The number of halogens is 1. The molecule has 0 saturated heterocycles. The number of amides is 1. The van der Waals surface area contributed by atoms with E-state index in [9.17, 15) is 4.79 Å². The summed E-state index contributed by atoms with van der Waals surface area (Å²) in [7, 11) is 1.54. The molecule has 2 rings (SSSR count). The van der Waals surface area contributed by atoms with Crippen LogP contribution in [0.1, 0.15) is 10.4 Å². The molecule has 18 heavy (non-hydrogen) atoms. The van der Waals surface area contributed by atoms with E-state index in [-0.39, 0.29) is 13.4 Å². The van der Waals surface area contributed by atoms with Gasteiger partial charge in [-0.3, -0.25) is 9.63 Å². The topological polar surface area (TPSA) is 66.0 Å². The van der Waals surface area contributed by atoms with Crippen molar-refractivity contribution in [2.24, 2.45) is 0 Å². The Kier molecular flexibility index (Phi) is 4.24. The minimum Gasteiger partial charge on any atom is -0.454 e. The second-order valence-corrected chi connectivity index (χ2v) is 3.87. The first-order valence-corrected chi connectivity index (χ1v) is 5.60. The van der Waals surface area contributed by atoms with Crippen molar-refractivity contribution in [1.29, 1.82) is 0 Å². The molecular formula is C11H12ClNO5. The van der Waals surface area contributed by atoms with E-state index < -0.39 is 5.91 Å². The zero-order chi connectivity index (χ0) is 13.0. The van der Waals surface area contributed by atoms with E-state index in [0.717, 1.165) is 0 Å². The highest BCUT2D eigenvalue weighted by molar-refractivity contribution is 6.32. The average Bonchev–Trinajstić information content (AvgIpc) is 2.83. The quantitative estimate of drug-likeness (QED) is 0.648. The van der Waals surface area contributed by atoms with Crippen LogP contribution in [0, 0.1) is 0 Å². The summed E-state index contributed by atoms with van der Waals surface area (Å²) < 4.78 is 15.1. The smallest absolute Gasteiger partial charge is 0.275 e. The van der Waals surface area contributed by atoms with Crippen LogP contribution in [0.5, 0.6) is 11.5 Å². The highest BCUT2D eigenvalue weighted by atomic mass is 35.5. The van der Waals surface area contributed by atoms with Crippen molar-refractivity contribution in [3.8, 4) is 11.5 Å². The zero-order valence-corrected chi connectivity index (χ0v) is 10.5. The minimum atomic E-state index is -0.411. The molecule has 0 aromatic heterocycles. The zero-order valence-electron chi connectivity index (χ0n) is 9.70. The summed E-state index contributed by atoms with van der Waals surface area (Å²) in [4.78, 5) is 16.6. The number of hydroxylamine groups is 1. The molecule has 0 spiro atoms. The Balaban J connectivity index is 2.00. The van der Waals surface area contributed by atoms with Gasteiger partial charge in [-0.25, -0.2) is 5.48 Å². The van der Waals surface area contributed by atoms with Crippen LogP contribution in [-0.2, 0) is 9.57 Å². The van der Waals surface area contributed by atoms with Gasteiger partial charge < -0.3 is 14.2 Å².